The van der Waals surface area contributed by atoms with Gasteiger partial charge >= 0.3 is 0 Å². The predicted molar refractivity (Wildman–Crippen MR) is 57.7 cm³/mol. The number of hydrogen-bond acceptors (Lipinski definition) is 2. The van der Waals surface area contributed by atoms with Crippen molar-refractivity contribution in [1.82, 2.24) is 0 Å². The van der Waals surface area contributed by atoms with Crippen molar-refractivity contribution in [2.24, 2.45) is 5.92 Å². The average molecular weight is 192 g/mol. The molecule has 1 aromatic rings. The van der Waals surface area contributed by atoms with Gasteiger partial charge in [0.1, 0.15) is 0 Å². The molecule has 0 unspecified atom stereocenters. The summed E-state index contributed by atoms with van der Waals surface area (Å²) in [6.07, 6.45) is 2.98. The van der Waals surface area contributed by atoms with Crippen LogP contribution in [0.2, 0.25) is 0 Å². The van der Waals surface area contributed by atoms with Crippen molar-refractivity contribution in [3.8, 4) is 0 Å². The molecule has 14 heavy (non-hydrogen) atoms. The summed E-state index contributed by atoms with van der Waals surface area (Å²) in [4.78, 5) is 0. The molecule has 0 aliphatic carbocycles. The molecule has 0 saturated heterocycles. The molecule has 0 amide bonds. The Balaban J connectivity index is 2.56. The van der Waals surface area contributed by atoms with E-state index in [1.165, 1.54) is 0 Å². The minimum atomic E-state index is -0.583. The van der Waals surface area contributed by atoms with E-state index in [1.807, 2.05) is 36.4 Å². The highest BCUT2D eigenvalue weighted by atomic mass is 16.3. The summed E-state index contributed by atoms with van der Waals surface area (Å²) in [5.41, 5.74) is 1.05. The second-order valence-corrected chi connectivity index (χ2v) is 3.42. The molecule has 0 bridgehead atoms. The van der Waals surface area contributed by atoms with Crippen LogP contribution >= 0.6 is 0 Å². The van der Waals surface area contributed by atoms with Crippen molar-refractivity contribution in [3.05, 3.63) is 42.0 Å². The molecule has 0 aromatic heterocycles. The van der Waals surface area contributed by atoms with Crippen molar-refractivity contribution >= 4 is 6.08 Å². The van der Waals surface area contributed by atoms with Crippen LogP contribution in [0.15, 0.2) is 36.4 Å². The van der Waals surface area contributed by atoms with Gasteiger partial charge < -0.3 is 10.2 Å². The van der Waals surface area contributed by atoms with Crippen LogP contribution < -0.4 is 0 Å². The van der Waals surface area contributed by atoms with Crippen LogP contribution in [0.3, 0.4) is 0 Å². The highest BCUT2D eigenvalue weighted by Gasteiger charge is 2.08. The maximum Gasteiger partial charge on any atom is 0.0771 e. The highest BCUT2D eigenvalue weighted by Crippen LogP contribution is 2.07. The number of aliphatic hydroxyl groups is 2. The van der Waals surface area contributed by atoms with Gasteiger partial charge in [0.2, 0.25) is 0 Å². The third kappa shape index (κ3) is 3.32. The van der Waals surface area contributed by atoms with E-state index in [1.54, 1.807) is 13.0 Å². The molecule has 2 atom stereocenters. The largest absolute Gasteiger partial charge is 0.396 e. The van der Waals surface area contributed by atoms with Gasteiger partial charge in [-0.2, -0.15) is 0 Å². The van der Waals surface area contributed by atoms with Gasteiger partial charge in [0.25, 0.3) is 0 Å². The van der Waals surface area contributed by atoms with Gasteiger partial charge in [-0.1, -0.05) is 49.4 Å². The Morgan fingerprint density at radius 2 is 1.93 bits per heavy atom. The first-order valence-corrected chi connectivity index (χ1v) is 4.76. The summed E-state index contributed by atoms with van der Waals surface area (Å²) in [5, 5.41) is 18.3. The molecule has 1 rings (SSSR count). The van der Waals surface area contributed by atoms with Crippen molar-refractivity contribution in [2.45, 2.75) is 13.0 Å². The smallest absolute Gasteiger partial charge is 0.0771 e. The summed E-state index contributed by atoms with van der Waals surface area (Å²) in [6.45, 7) is 1.81. The van der Waals surface area contributed by atoms with E-state index >= 15 is 0 Å². The quantitative estimate of drug-likeness (QED) is 0.762. The molecule has 0 radical (unpaired) electrons. The molecule has 2 nitrogen and oxygen atoms in total. The molecule has 0 spiro atoms. The Kier molecular flexibility index (Phi) is 4.36. The third-order valence-electron chi connectivity index (χ3n) is 2.16. The van der Waals surface area contributed by atoms with E-state index in [4.69, 9.17) is 5.11 Å². The van der Waals surface area contributed by atoms with Gasteiger partial charge in [-0.3, -0.25) is 0 Å². The summed E-state index contributed by atoms with van der Waals surface area (Å²) in [7, 11) is 0. The normalized spacial score (nSPS) is 15.6. The zero-order valence-electron chi connectivity index (χ0n) is 8.30. The Hall–Kier alpha value is -1.12. The predicted octanol–water partition coefficient (Wildman–Crippen LogP) is 1.69. The number of benzene rings is 1. The molecule has 1 aromatic carbocycles. The Bertz CT molecular complexity index is 280. The molecule has 76 valence electrons. The van der Waals surface area contributed by atoms with Crippen LogP contribution in [-0.2, 0) is 0 Å². The molecule has 0 aliphatic heterocycles. The van der Waals surface area contributed by atoms with E-state index in [-0.39, 0.29) is 12.5 Å². The zero-order chi connectivity index (χ0) is 10.4. The van der Waals surface area contributed by atoms with Gasteiger partial charge in [0.05, 0.1) is 6.10 Å². The standard InChI is InChI=1S/C12H16O2/c1-10(9-13)12(14)8-7-11-5-3-2-4-6-11/h2-8,10,12-14H,9H2,1H3/b8-7+/t10-,12-/m0/s1. The summed E-state index contributed by atoms with van der Waals surface area (Å²) in [5.74, 6) is -0.116. The van der Waals surface area contributed by atoms with Crippen molar-refractivity contribution < 1.29 is 10.2 Å². The summed E-state index contributed by atoms with van der Waals surface area (Å²) < 4.78 is 0. The van der Waals surface area contributed by atoms with Crippen LogP contribution in [0.5, 0.6) is 0 Å². The second-order valence-electron chi connectivity index (χ2n) is 3.42. The van der Waals surface area contributed by atoms with Crippen LogP contribution in [0.25, 0.3) is 6.08 Å². The number of rotatable bonds is 4. The lowest BCUT2D eigenvalue weighted by atomic mass is 10.0. The molecular formula is C12H16O2. The first-order chi connectivity index (χ1) is 6.74. The molecular weight excluding hydrogens is 176 g/mol. The van der Waals surface area contributed by atoms with E-state index in [9.17, 15) is 5.11 Å². The van der Waals surface area contributed by atoms with Crippen LogP contribution in [0.1, 0.15) is 12.5 Å². The average Bonchev–Trinajstić information content (AvgIpc) is 2.26. The molecule has 0 heterocycles. The van der Waals surface area contributed by atoms with Crippen LogP contribution in [-0.4, -0.2) is 22.9 Å². The van der Waals surface area contributed by atoms with Crippen LogP contribution in [0.4, 0.5) is 0 Å². The van der Waals surface area contributed by atoms with Gasteiger partial charge in [-0.15, -0.1) is 0 Å². The topological polar surface area (TPSA) is 40.5 Å². The Morgan fingerprint density at radius 1 is 1.29 bits per heavy atom. The lowest BCUT2D eigenvalue weighted by molar-refractivity contribution is 0.112. The number of hydrogen-bond donors (Lipinski definition) is 2. The van der Waals surface area contributed by atoms with Crippen molar-refractivity contribution in [3.63, 3.8) is 0 Å². The van der Waals surface area contributed by atoms with E-state index in [0.717, 1.165) is 5.56 Å². The second kappa shape index (κ2) is 5.58. The number of aliphatic hydroxyl groups excluding tert-OH is 2. The van der Waals surface area contributed by atoms with E-state index in [2.05, 4.69) is 0 Å². The Labute approximate surface area is 84.5 Å². The fourth-order valence-corrected chi connectivity index (χ4v) is 1.07. The monoisotopic (exact) mass is 192 g/mol. The lowest BCUT2D eigenvalue weighted by Gasteiger charge is -2.11. The van der Waals surface area contributed by atoms with Crippen molar-refractivity contribution in [1.29, 1.82) is 0 Å². The fraction of sp³-hybridized carbons (Fsp3) is 0.333. The van der Waals surface area contributed by atoms with Gasteiger partial charge in [-0.05, 0) is 5.56 Å². The van der Waals surface area contributed by atoms with E-state index in [0.29, 0.717) is 0 Å². The molecule has 2 heteroatoms. The maximum absolute atomic E-state index is 9.53. The minimum absolute atomic E-state index is 0.000294. The lowest BCUT2D eigenvalue weighted by Crippen LogP contribution is -2.17. The van der Waals surface area contributed by atoms with Crippen LogP contribution in [0, 0.1) is 5.92 Å². The van der Waals surface area contributed by atoms with Gasteiger partial charge in [-0.25, -0.2) is 0 Å². The Morgan fingerprint density at radius 3 is 2.50 bits per heavy atom. The molecule has 0 aliphatic rings. The SMILES string of the molecule is C[C@@H](CO)[C@@H](O)/C=C/c1ccccc1. The van der Waals surface area contributed by atoms with Gasteiger partial charge in [0, 0.05) is 12.5 Å². The minimum Gasteiger partial charge on any atom is -0.396 e. The third-order valence-corrected chi connectivity index (χ3v) is 2.16. The van der Waals surface area contributed by atoms with E-state index < -0.39 is 6.10 Å². The highest BCUT2D eigenvalue weighted by molar-refractivity contribution is 5.49. The first-order valence-electron chi connectivity index (χ1n) is 4.76. The molecule has 0 fully saturated rings. The maximum atomic E-state index is 9.53. The summed E-state index contributed by atoms with van der Waals surface area (Å²) in [6, 6.07) is 9.77. The molecule has 2 N–H and O–H groups in total. The van der Waals surface area contributed by atoms with Gasteiger partial charge in [0.15, 0.2) is 0 Å². The first kappa shape index (κ1) is 11.0. The fourth-order valence-electron chi connectivity index (χ4n) is 1.07. The zero-order valence-corrected chi connectivity index (χ0v) is 8.30. The van der Waals surface area contributed by atoms with Crippen molar-refractivity contribution in [2.75, 3.05) is 6.61 Å². The summed E-state index contributed by atoms with van der Waals surface area (Å²) >= 11 is 0. The molecule has 0 saturated carbocycles.